The smallest absolute Gasteiger partial charge is 0.120 e. The summed E-state index contributed by atoms with van der Waals surface area (Å²) in [6.45, 7) is 8.29. The maximum absolute atomic E-state index is 6.01. The molecule has 2 nitrogen and oxygen atoms in total. The number of aryl methyl sites for hydroxylation is 1. The molecule has 1 atom stereocenters. The van der Waals surface area contributed by atoms with E-state index in [0.29, 0.717) is 0 Å². The lowest BCUT2D eigenvalue weighted by molar-refractivity contribution is 0.187. The molecule has 0 aliphatic carbocycles. The molecule has 17 heavy (non-hydrogen) atoms. The third kappa shape index (κ3) is 5.09. The fourth-order valence-corrected chi connectivity index (χ4v) is 1.96. The lowest BCUT2D eigenvalue weighted by Gasteiger charge is -2.19. The first-order chi connectivity index (χ1) is 8.17. The largest absolute Gasteiger partial charge is 0.489 e. The van der Waals surface area contributed by atoms with Gasteiger partial charge in [0.05, 0.1) is 0 Å². The van der Waals surface area contributed by atoms with Crippen molar-refractivity contribution in [1.82, 2.24) is 5.32 Å². The predicted molar refractivity (Wildman–Crippen MR) is 76.7 cm³/mol. The summed E-state index contributed by atoms with van der Waals surface area (Å²) >= 11 is 3.50. The van der Waals surface area contributed by atoms with E-state index in [1.54, 1.807) is 0 Å². The zero-order valence-corrected chi connectivity index (χ0v) is 12.5. The monoisotopic (exact) mass is 299 g/mol. The molecule has 0 aromatic heterocycles. The number of likely N-dealkylation sites (N-methyl/N-ethyl adjacent to an activating group) is 1. The van der Waals surface area contributed by atoms with Crippen LogP contribution in [0.1, 0.15) is 32.3 Å². The minimum absolute atomic E-state index is 0.264. The Balaban J connectivity index is 2.61. The van der Waals surface area contributed by atoms with Gasteiger partial charge < -0.3 is 10.1 Å². The van der Waals surface area contributed by atoms with Crippen LogP contribution in [0.15, 0.2) is 22.7 Å². The lowest BCUT2D eigenvalue weighted by atomic mass is 10.2. The van der Waals surface area contributed by atoms with Gasteiger partial charge in [0, 0.05) is 11.0 Å². The number of halogens is 1. The summed E-state index contributed by atoms with van der Waals surface area (Å²) in [4.78, 5) is 0. The van der Waals surface area contributed by atoms with Crippen molar-refractivity contribution in [1.29, 1.82) is 0 Å². The van der Waals surface area contributed by atoms with Gasteiger partial charge in [0.25, 0.3) is 0 Å². The molecule has 0 saturated carbocycles. The fourth-order valence-electron chi connectivity index (χ4n) is 1.71. The van der Waals surface area contributed by atoms with Gasteiger partial charge >= 0.3 is 0 Å². The summed E-state index contributed by atoms with van der Waals surface area (Å²) in [6.07, 6.45) is 2.49. The second-order valence-corrected chi connectivity index (χ2v) is 5.10. The van der Waals surface area contributed by atoms with Crippen LogP contribution in [0.2, 0.25) is 0 Å². The molecule has 1 N–H and O–H groups in total. The van der Waals surface area contributed by atoms with E-state index in [1.165, 1.54) is 5.56 Å². The summed E-state index contributed by atoms with van der Waals surface area (Å²) in [5.74, 6) is 0.960. The van der Waals surface area contributed by atoms with Crippen LogP contribution in [0.25, 0.3) is 0 Å². The third-order valence-corrected chi connectivity index (χ3v) is 3.55. The quantitative estimate of drug-likeness (QED) is 0.824. The van der Waals surface area contributed by atoms with Crippen molar-refractivity contribution in [3.05, 3.63) is 28.2 Å². The Bertz CT molecular complexity index is 341. The van der Waals surface area contributed by atoms with Crippen LogP contribution in [0.4, 0.5) is 0 Å². The Kier molecular flexibility index (Phi) is 6.60. The highest BCUT2D eigenvalue weighted by Crippen LogP contribution is 2.22. The van der Waals surface area contributed by atoms with Crippen molar-refractivity contribution in [3.8, 4) is 5.75 Å². The normalized spacial score (nSPS) is 12.5. The van der Waals surface area contributed by atoms with Crippen LogP contribution in [-0.4, -0.2) is 19.2 Å². The van der Waals surface area contributed by atoms with E-state index in [2.05, 4.69) is 48.1 Å². The Morgan fingerprint density at radius 1 is 1.35 bits per heavy atom. The van der Waals surface area contributed by atoms with Gasteiger partial charge in [-0.1, -0.05) is 36.2 Å². The van der Waals surface area contributed by atoms with Gasteiger partial charge in [-0.05, 0) is 43.7 Å². The maximum Gasteiger partial charge on any atom is 0.120 e. The molecule has 3 heteroatoms. The summed E-state index contributed by atoms with van der Waals surface area (Å²) < 4.78 is 7.14. The Hall–Kier alpha value is -0.540. The fraction of sp³-hybridized carbons (Fsp3) is 0.571. The molecule has 0 radical (unpaired) electrons. The van der Waals surface area contributed by atoms with Crippen LogP contribution < -0.4 is 10.1 Å². The van der Waals surface area contributed by atoms with E-state index >= 15 is 0 Å². The number of ether oxygens (including phenoxy) is 1. The predicted octanol–water partition coefficient (Wildman–Crippen LogP) is 3.91. The van der Waals surface area contributed by atoms with Crippen LogP contribution in [-0.2, 0) is 0 Å². The van der Waals surface area contributed by atoms with Crippen molar-refractivity contribution in [2.24, 2.45) is 0 Å². The van der Waals surface area contributed by atoms with Crippen molar-refractivity contribution in [2.75, 3.05) is 13.1 Å². The molecule has 0 amide bonds. The Morgan fingerprint density at radius 2 is 2.12 bits per heavy atom. The third-order valence-electron chi connectivity index (χ3n) is 2.66. The molecular weight excluding hydrogens is 278 g/mol. The lowest BCUT2D eigenvalue weighted by Crippen LogP contribution is -2.31. The molecule has 0 heterocycles. The molecule has 1 rings (SSSR count). The SMILES string of the molecule is CCCC(CNCC)Oc1ccc(Br)c(C)c1. The first-order valence-corrected chi connectivity index (χ1v) is 7.10. The van der Waals surface area contributed by atoms with Crippen LogP contribution in [0.5, 0.6) is 5.75 Å². The second-order valence-electron chi connectivity index (χ2n) is 4.25. The van der Waals surface area contributed by atoms with E-state index < -0.39 is 0 Å². The first kappa shape index (κ1) is 14.5. The van der Waals surface area contributed by atoms with Gasteiger partial charge in [-0.3, -0.25) is 0 Å². The summed E-state index contributed by atoms with van der Waals surface area (Å²) in [7, 11) is 0. The van der Waals surface area contributed by atoms with Crippen molar-refractivity contribution in [2.45, 2.75) is 39.7 Å². The number of hydrogen-bond donors (Lipinski definition) is 1. The number of benzene rings is 1. The molecule has 0 spiro atoms. The Labute approximate surface area is 113 Å². The molecule has 0 fully saturated rings. The Morgan fingerprint density at radius 3 is 2.71 bits per heavy atom. The van der Waals surface area contributed by atoms with E-state index in [4.69, 9.17) is 4.74 Å². The van der Waals surface area contributed by atoms with Crippen LogP contribution in [0.3, 0.4) is 0 Å². The zero-order chi connectivity index (χ0) is 12.7. The molecule has 0 aliphatic heterocycles. The highest BCUT2D eigenvalue weighted by atomic mass is 79.9. The molecular formula is C14H22BrNO. The molecule has 0 aliphatic rings. The van der Waals surface area contributed by atoms with E-state index in [9.17, 15) is 0 Å². The number of nitrogens with one attached hydrogen (secondary N) is 1. The van der Waals surface area contributed by atoms with Crippen LogP contribution >= 0.6 is 15.9 Å². The molecule has 96 valence electrons. The van der Waals surface area contributed by atoms with Gasteiger partial charge in [-0.15, -0.1) is 0 Å². The van der Waals surface area contributed by atoms with Gasteiger partial charge in [0.1, 0.15) is 11.9 Å². The van der Waals surface area contributed by atoms with Crippen LogP contribution in [0, 0.1) is 6.92 Å². The molecule has 1 aromatic rings. The van der Waals surface area contributed by atoms with E-state index in [0.717, 1.165) is 36.2 Å². The first-order valence-electron chi connectivity index (χ1n) is 6.30. The standard InChI is InChI=1S/C14H22BrNO/c1-4-6-13(10-16-5-2)17-12-7-8-14(15)11(3)9-12/h7-9,13,16H,4-6,10H2,1-3H3. The van der Waals surface area contributed by atoms with Gasteiger partial charge in [0.15, 0.2) is 0 Å². The summed E-state index contributed by atoms with van der Waals surface area (Å²) in [6, 6.07) is 6.14. The van der Waals surface area contributed by atoms with Gasteiger partial charge in [0.2, 0.25) is 0 Å². The molecule has 1 unspecified atom stereocenters. The molecule has 1 aromatic carbocycles. The van der Waals surface area contributed by atoms with E-state index in [-0.39, 0.29) is 6.10 Å². The summed E-state index contributed by atoms with van der Waals surface area (Å²) in [5.41, 5.74) is 1.21. The van der Waals surface area contributed by atoms with Crippen molar-refractivity contribution >= 4 is 15.9 Å². The van der Waals surface area contributed by atoms with Gasteiger partial charge in [-0.25, -0.2) is 0 Å². The highest BCUT2D eigenvalue weighted by Gasteiger charge is 2.09. The summed E-state index contributed by atoms with van der Waals surface area (Å²) in [5, 5.41) is 3.35. The van der Waals surface area contributed by atoms with Crippen molar-refractivity contribution < 1.29 is 4.74 Å². The molecule has 0 bridgehead atoms. The number of rotatable bonds is 7. The zero-order valence-electron chi connectivity index (χ0n) is 10.9. The minimum Gasteiger partial charge on any atom is -0.489 e. The highest BCUT2D eigenvalue weighted by molar-refractivity contribution is 9.10. The average molecular weight is 300 g/mol. The topological polar surface area (TPSA) is 21.3 Å². The van der Waals surface area contributed by atoms with Crippen molar-refractivity contribution in [3.63, 3.8) is 0 Å². The molecule has 0 saturated heterocycles. The second kappa shape index (κ2) is 7.72. The van der Waals surface area contributed by atoms with E-state index in [1.807, 2.05) is 12.1 Å². The van der Waals surface area contributed by atoms with Gasteiger partial charge in [-0.2, -0.15) is 0 Å². The maximum atomic E-state index is 6.01. The minimum atomic E-state index is 0.264. The average Bonchev–Trinajstić information content (AvgIpc) is 2.31. The number of hydrogen-bond acceptors (Lipinski definition) is 2.